The Kier molecular flexibility index (Phi) is 5.59. The average Bonchev–Trinajstić information content (AvgIpc) is 2.48. The van der Waals surface area contributed by atoms with Crippen molar-refractivity contribution >= 4 is 5.69 Å². The number of nitrogens with one attached hydrogen (secondary N) is 1. The Morgan fingerprint density at radius 1 is 1.35 bits per heavy atom. The van der Waals surface area contributed by atoms with Crippen molar-refractivity contribution in [2.45, 2.75) is 39.7 Å². The molecule has 1 aromatic heterocycles. The predicted octanol–water partition coefficient (Wildman–Crippen LogP) is 1.48. The summed E-state index contributed by atoms with van der Waals surface area (Å²) in [4.78, 5) is 14.4. The molecule has 2 rings (SSSR count). The van der Waals surface area contributed by atoms with Crippen LogP contribution >= 0.6 is 0 Å². The minimum absolute atomic E-state index is 0.0106. The lowest BCUT2D eigenvalue weighted by Crippen LogP contribution is -2.33. The molecule has 0 saturated carbocycles. The second-order valence-electron chi connectivity index (χ2n) is 5.69. The highest BCUT2D eigenvalue weighted by atomic mass is 16.1. The van der Waals surface area contributed by atoms with Crippen molar-refractivity contribution in [3.8, 4) is 0 Å². The lowest BCUT2D eigenvalue weighted by Gasteiger charge is -2.28. The first-order valence-corrected chi connectivity index (χ1v) is 7.73. The Bertz CT molecular complexity index is 465. The maximum Gasteiger partial charge on any atom is 0.268 e. The van der Waals surface area contributed by atoms with E-state index < -0.39 is 0 Å². The van der Waals surface area contributed by atoms with E-state index in [1.165, 1.54) is 19.3 Å². The summed E-state index contributed by atoms with van der Waals surface area (Å²) in [6, 6.07) is 1.73. The molecule has 0 amide bonds. The van der Waals surface area contributed by atoms with Gasteiger partial charge in [-0.05, 0) is 38.3 Å². The monoisotopic (exact) mass is 278 g/mol. The molecule has 5 nitrogen and oxygen atoms in total. The van der Waals surface area contributed by atoms with Crippen LogP contribution < -0.4 is 15.8 Å². The number of nitrogens with zero attached hydrogens (tertiary/aromatic N) is 3. The quantitative estimate of drug-likeness (QED) is 0.856. The standard InChI is InChI=1S/C15H26N4O/c1-3-16-10-13(2)12-19-15(20)9-14(11-17-19)18-7-5-4-6-8-18/h9,11,13,16H,3-8,10,12H2,1-2H3. The first-order valence-electron chi connectivity index (χ1n) is 7.73. The molecule has 1 atom stereocenters. The molecule has 0 aliphatic carbocycles. The summed E-state index contributed by atoms with van der Waals surface area (Å²) in [5, 5.41) is 7.64. The minimum Gasteiger partial charge on any atom is -0.370 e. The van der Waals surface area contributed by atoms with E-state index in [0.717, 1.165) is 31.9 Å². The first-order chi connectivity index (χ1) is 9.70. The summed E-state index contributed by atoms with van der Waals surface area (Å²) >= 11 is 0. The van der Waals surface area contributed by atoms with Gasteiger partial charge in [0, 0.05) is 25.7 Å². The van der Waals surface area contributed by atoms with E-state index in [9.17, 15) is 4.79 Å². The second-order valence-corrected chi connectivity index (χ2v) is 5.69. The van der Waals surface area contributed by atoms with Gasteiger partial charge in [-0.15, -0.1) is 0 Å². The molecule has 1 fully saturated rings. The van der Waals surface area contributed by atoms with Crippen LogP contribution in [0.2, 0.25) is 0 Å². The van der Waals surface area contributed by atoms with Crippen molar-refractivity contribution in [1.82, 2.24) is 15.1 Å². The molecule has 1 aliphatic rings. The van der Waals surface area contributed by atoms with E-state index in [1.807, 2.05) is 6.20 Å². The van der Waals surface area contributed by atoms with E-state index >= 15 is 0 Å². The third kappa shape index (κ3) is 4.07. The zero-order chi connectivity index (χ0) is 14.4. The van der Waals surface area contributed by atoms with Crippen LogP contribution in [0.25, 0.3) is 0 Å². The molecular weight excluding hydrogens is 252 g/mol. The van der Waals surface area contributed by atoms with Crippen LogP contribution in [0, 0.1) is 5.92 Å². The number of hydrogen-bond donors (Lipinski definition) is 1. The third-order valence-corrected chi connectivity index (χ3v) is 3.80. The van der Waals surface area contributed by atoms with Gasteiger partial charge in [0.25, 0.3) is 5.56 Å². The third-order valence-electron chi connectivity index (χ3n) is 3.80. The number of piperidine rings is 1. The van der Waals surface area contributed by atoms with E-state index in [1.54, 1.807) is 10.7 Å². The molecule has 0 bridgehead atoms. The number of rotatable bonds is 6. The van der Waals surface area contributed by atoms with Crippen LogP contribution in [0.4, 0.5) is 5.69 Å². The zero-order valence-corrected chi connectivity index (χ0v) is 12.6. The molecule has 112 valence electrons. The van der Waals surface area contributed by atoms with E-state index in [2.05, 4.69) is 29.2 Å². The summed E-state index contributed by atoms with van der Waals surface area (Å²) in [7, 11) is 0. The molecule has 0 aromatic carbocycles. The van der Waals surface area contributed by atoms with Crippen molar-refractivity contribution in [2.24, 2.45) is 5.92 Å². The van der Waals surface area contributed by atoms with Gasteiger partial charge >= 0.3 is 0 Å². The number of aromatic nitrogens is 2. The van der Waals surface area contributed by atoms with Gasteiger partial charge in [0.1, 0.15) is 0 Å². The van der Waals surface area contributed by atoms with Crippen molar-refractivity contribution in [3.63, 3.8) is 0 Å². The van der Waals surface area contributed by atoms with Crippen molar-refractivity contribution < 1.29 is 0 Å². The van der Waals surface area contributed by atoms with Crippen molar-refractivity contribution in [2.75, 3.05) is 31.1 Å². The fourth-order valence-electron chi connectivity index (χ4n) is 2.64. The molecule has 1 unspecified atom stereocenters. The molecule has 5 heteroatoms. The fraction of sp³-hybridized carbons (Fsp3) is 0.733. The summed E-state index contributed by atoms with van der Waals surface area (Å²) < 4.78 is 1.58. The molecule has 0 radical (unpaired) electrons. The van der Waals surface area contributed by atoms with Crippen molar-refractivity contribution in [3.05, 3.63) is 22.6 Å². The zero-order valence-electron chi connectivity index (χ0n) is 12.6. The molecule has 1 N–H and O–H groups in total. The summed E-state index contributed by atoms with van der Waals surface area (Å²) in [6.07, 6.45) is 5.56. The highest BCUT2D eigenvalue weighted by molar-refractivity contribution is 5.43. The minimum atomic E-state index is 0.0106. The van der Waals surface area contributed by atoms with Gasteiger partial charge in [0.15, 0.2) is 0 Å². The summed E-state index contributed by atoms with van der Waals surface area (Å²) in [5.41, 5.74) is 0.988. The van der Waals surface area contributed by atoms with Crippen LogP contribution in [0.5, 0.6) is 0 Å². The topological polar surface area (TPSA) is 50.2 Å². The largest absolute Gasteiger partial charge is 0.370 e. The molecule has 0 spiro atoms. The summed E-state index contributed by atoms with van der Waals surface area (Å²) in [5.74, 6) is 0.404. The maximum atomic E-state index is 12.1. The van der Waals surface area contributed by atoms with Gasteiger partial charge in [0.2, 0.25) is 0 Å². The van der Waals surface area contributed by atoms with Gasteiger partial charge in [-0.2, -0.15) is 5.10 Å². The second kappa shape index (κ2) is 7.43. The van der Waals surface area contributed by atoms with Gasteiger partial charge in [0.05, 0.1) is 11.9 Å². The Hall–Kier alpha value is -1.36. The predicted molar refractivity (Wildman–Crippen MR) is 82.3 cm³/mol. The lowest BCUT2D eigenvalue weighted by molar-refractivity contribution is 0.414. The van der Waals surface area contributed by atoms with Crippen LogP contribution in [0.1, 0.15) is 33.1 Å². The van der Waals surface area contributed by atoms with Gasteiger partial charge in [-0.1, -0.05) is 13.8 Å². The fourth-order valence-corrected chi connectivity index (χ4v) is 2.64. The first kappa shape index (κ1) is 15.0. The van der Waals surface area contributed by atoms with Crippen LogP contribution in [-0.2, 0) is 6.54 Å². The van der Waals surface area contributed by atoms with Crippen molar-refractivity contribution in [1.29, 1.82) is 0 Å². The highest BCUT2D eigenvalue weighted by Gasteiger charge is 2.13. The smallest absolute Gasteiger partial charge is 0.268 e. The highest BCUT2D eigenvalue weighted by Crippen LogP contribution is 2.16. The van der Waals surface area contributed by atoms with Gasteiger partial charge in [-0.3, -0.25) is 4.79 Å². The Morgan fingerprint density at radius 2 is 2.10 bits per heavy atom. The molecule has 1 aromatic rings. The Morgan fingerprint density at radius 3 is 2.75 bits per heavy atom. The Balaban J connectivity index is 2.00. The van der Waals surface area contributed by atoms with E-state index in [-0.39, 0.29) is 5.56 Å². The average molecular weight is 278 g/mol. The summed E-state index contributed by atoms with van der Waals surface area (Å²) in [6.45, 7) is 8.86. The van der Waals surface area contributed by atoms with Crippen LogP contribution in [-0.4, -0.2) is 36.0 Å². The molecule has 1 saturated heterocycles. The SMILES string of the molecule is CCNCC(C)Cn1ncc(N2CCCCC2)cc1=O. The van der Waals surface area contributed by atoms with Crippen LogP contribution in [0.3, 0.4) is 0 Å². The van der Waals surface area contributed by atoms with E-state index in [4.69, 9.17) is 0 Å². The number of anilines is 1. The molecular formula is C15H26N4O. The molecule has 20 heavy (non-hydrogen) atoms. The maximum absolute atomic E-state index is 12.1. The molecule has 2 heterocycles. The van der Waals surface area contributed by atoms with E-state index in [0.29, 0.717) is 12.5 Å². The number of hydrogen-bond acceptors (Lipinski definition) is 4. The van der Waals surface area contributed by atoms with Gasteiger partial charge in [-0.25, -0.2) is 4.68 Å². The normalized spacial score (nSPS) is 17.2. The Labute approximate surface area is 121 Å². The molecule has 1 aliphatic heterocycles. The van der Waals surface area contributed by atoms with Crippen LogP contribution in [0.15, 0.2) is 17.1 Å². The van der Waals surface area contributed by atoms with Gasteiger partial charge < -0.3 is 10.2 Å². The lowest BCUT2D eigenvalue weighted by atomic mass is 10.1.